The first kappa shape index (κ1) is 13.8. The van der Waals surface area contributed by atoms with Crippen LogP contribution in [0.5, 0.6) is 0 Å². The molecule has 0 aromatic rings. The minimum Gasteiger partial charge on any atom is -0.480 e. The highest BCUT2D eigenvalue weighted by Gasteiger charge is 2.28. The van der Waals surface area contributed by atoms with Crippen LogP contribution in [-0.2, 0) is 9.53 Å². The van der Waals surface area contributed by atoms with Crippen molar-refractivity contribution in [2.75, 3.05) is 6.54 Å². The third-order valence-electron chi connectivity index (χ3n) is 2.42. The largest absolute Gasteiger partial charge is 0.480 e. The van der Waals surface area contributed by atoms with E-state index in [1.165, 1.54) is 0 Å². The molecule has 0 spiro atoms. The number of ether oxygens (including phenoxy) is 1. The topological polar surface area (TPSA) is 87.7 Å². The normalized spacial score (nSPS) is 25.1. The first-order valence-electron chi connectivity index (χ1n) is 5.73. The molecule has 3 N–H and O–H groups in total. The molecule has 1 aliphatic heterocycles. The Bertz CT molecular complexity index is 298. The van der Waals surface area contributed by atoms with Gasteiger partial charge >= 0.3 is 12.1 Å². The van der Waals surface area contributed by atoms with Crippen LogP contribution in [0.3, 0.4) is 0 Å². The van der Waals surface area contributed by atoms with E-state index in [0.29, 0.717) is 19.4 Å². The van der Waals surface area contributed by atoms with Gasteiger partial charge in [0, 0.05) is 6.04 Å². The molecule has 2 unspecified atom stereocenters. The molecule has 6 heteroatoms. The van der Waals surface area contributed by atoms with E-state index in [9.17, 15) is 9.59 Å². The number of aliphatic carboxylic acids is 1. The molecule has 1 saturated heterocycles. The predicted molar refractivity (Wildman–Crippen MR) is 61.8 cm³/mol. The Morgan fingerprint density at radius 3 is 2.59 bits per heavy atom. The quantitative estimate of drug-likeness (QED) is 0.666. The second-order valence-electron chi connectivity index (χ2n) is 5.21. The molecule has 0 saturated carbocycles. The average molecular weight is 244 g/mol. The van der Waals surface area contributed by atoms with Crippen molar-refractivity contribution in [3.63, 3.8) is 0 Å². The average Bonchev–Trinajstić information content (AvgIpc) is 2.14. The number of hydrogen-bond acceptors (Lipinski definition) is 4. The van der Waals surface area contributed by atoms with Crippen LogP contribution in [-0.4, -0.2) is 41.4 Å². The molecule has 2 atom stereocenters. The van der Waals surface area contributed by atoms with Gasteiger partial charge in [-0.1, -0.05) is 0 Å². The first-order chi connectivity index (χ1) is 7.78. The maximum atomic E-state index is 11.5. The lowest BCUT2D eigenvalue weighted by Crippen LogP contribution is -2.51. The molecule has 1 heterocycles. The van der Waals surface area contributed by atoms with Crippen LogP contribution in [0.1, 0.15) is 33.6 Å². The van der Waals surface area contributed by atoms with Gasteiger partial charge in [0.15, 0.2) is 0 Å². The van der Waals surface area contributed by atoms with E-state index in [-0.39, 0.29) is 6.04 Å². The van der Waals surface area contributed by atoms with E-state index >= 15 is 0 Å². The maximum Gasteiger partial charge on any atom is 0.407 e. The summed E-state index contributed by atoms with van der Waals surface area (Å²) < 4.78 is 5.12. The van der Waals surface area contributed by atoms with Gasteiger partial charge in [-0.2, -0.15) is 0 Å². The van der Waals surface area contributed by atoms with Crippen molar-refractivity contribution in [3.05, 3.63) is 0 Å². The van der Waals surface area contributed by atoms with Crippen LogP contribution in [0.15, 0.2) is 0 Å². The molecule has 1 aliphatic rings. The number of carbonyl (C=O) groups is 2. The van der Waals surface area contributed by atoms with Crippen LogP contribution in [0.2, 0.25) is 0 Å². The van der Waals surface area contributed by atoms with E-state index in [1.54, 1.807) is 20.8 Å². The van der Waals surface area contributed by atoms with Crippen molar-refractivity contribution in [2.45, 2.75) is 51.3 Å². The molecule has 0 aromatic carbocycles. The summed E-state index contributed by atoms with van der Waals surface area (Å²) in [7, 11) is 0. The molecule has 0 bridgehead atoms. The fraction of sp³-hybridized carbons (Fsp3) is 0.818. The van der Waals surface area contributed by atoms with Gasteiger partial charge in [0.25, 0.3) is 0 Å². The van der Waals surface area contributed by atoms with E-state index in [4.69, 9.17) is 9.84 Å². The SMILES string of the molecule is CC(C)(C)OC(=O)NC1CCNC(C(=O)O)C1. The number of amides is 1. The molecule has 6 nitrogen and oxygen atoms in total. The maximum absolute atomic E-state index is 11.5. The van der Waals surface area contributed by atoms with E-state index in [1.807, 2.05) is 0 Å². The number of hydrogen-bond donors (Lipinski definition) is 3. The molecule has 0 aromatic heterocycles. The number of rotatable bonds is 2. The van der Waals surface area contributed by atoms with Gasteiger partial charge in [-0.25, -0.2) is 4.79 Å². The molecule has 1 fully saturated rings. The summed E-state index contributed by atoms with van der Waals surface area (Å²) in [6.45, 7) is 5.94. The van der Waals surface area contributed by atoms with Crippen molar-refractivity contribution < 1.29 is 19.4 Å². The second-order valence-corrected chi connectivity index (χ2v) is 5.21. The Balaban J connectivity index is 2.41. The smallest absolute Gasteiger partial charge is 0.407 e. The zero-order chi connectivity index (χ0) is 13.1. The van der Waals surface area contributed by atoms with Gasteiger partial charge in [-0.15, -0.1) is 0 Å². The molecular weight excluding hydrogens is 224 g/mol. The number of carbonyl (C=O) groups excluding carboxylic acids is 1. The van der Waals surface area contributed by atoms with Gasteiger partial charge in [0.05, 0.1) is 0 Å². The second kappa shape index (κ2) is 5.35. The number of carboxylic acids is 1. The Hall–Kier alpha value is -1.30. The molecule has 1 rings (SSSR count). The Kier molecular flexibility index (Phi) is 4.34. The van der Waals surface area contributed by atoms with E-state index in [2.05, 4.69) is 10.6 Å². The Morgan fingerprint density at radius 1 is 1.41 bits per heavy atom. The summed E-state index contributed by atoms with van der Waals surface area (Å²) in [6.07, 6.45) is 0.603. The van der Waals surface area contributed by atoms with Crippen molar-refractivity contribution >= 4 is 12.1 Å². The fourth-order valence-electron chi connectivity index (χ4n) is 1.71. The minimum absolute atomic E-state index is 0.146. The van der Waals surface area contributed by atoms with Crippen molar-refractivity contribution in [2.24, 2.45) is 0 Å². The number of alkyl carbamates (subject to hydrolysis) is 1. The van der Waals surface area contributed by atoms with Gasteiger partial charge in [-0.05, 0) is 40.2 Å². The predicted octanol–water partition coefficient (Wildman–Crippen LogP) is 0.716. The van der Waals surface area contributed by atoms with Crippen molar-refractivity contribution in [3.8, 4) is 0 Å². The lowest BCUT2D eigenvalue weighted by molar-refractivity contribution is -0.140. The Morgan fingerprint density at radius 2 is 2.06 bits per heavy atom. The van der Waals surface area contributed by atoms with Crippen LogP contribution in [0, 0.1) is 0 Å². The Labute approximate surface area is 101 Å². The summed E-state index contributed by atoms with van der Waals surface area (Å²) in [4.78, 5) is 22.3. The third kappa shape index (κ3) is 5.04. The molecule has 0 aliphatic carbocycles. The monoisotopic (exact) mass is 244 g/mol. The molecule has 17 heavy (non-hydrogen) atoms. The lowest BCUT2D eigenvalue weighted by Gasteiger charge is -2.29. The standard InChI is InChI=1S/C11H20N2O4/c1-11(2,3)17-10(16)13-7-4-5-12-8(6-7)9(14)15/h7-8,12H,4-6H2,1-3H3,(H,13,16)(H,14,15). The van der Waals surface area contributed by atoms with Gasteiger partial charge in [0.1, 0.15) is 11.6 Å². The lowest BCUT2D eigenvalue weighted by atomic mass is 10.00. The highest BCUT2D eigenvalue weighted by molar-refractivity contribution is 5.74. The van der Waals surface area contributed by atoms with Gasteiger partial charge in [-0.3, -0.25) is 4.79 Å². The summed E-state index contributed by atoms with van der Waals surface area (Å²) in [5.41, 5.74) is -0.538. The molecular formula is C11H20N2O4. The highest BCUT2D eigenvalue weighted by Crippen LogP contribution is 2.11. The molecule has 1 amide bonds. The summed E-state index contributed by atoms with van der Waals surface area (Å²) in [6, 6.07) is -0.740. The third-order valence-corrected chi connectivity index (χ3v) is 2.42. The zero-order valence-electron chi connectivity index (χ0n) is 10.4. The number of nitrogens with one attached hydrogen (secondary N) is 2. The van der Waals surface area contributed by atoms with Crippen LogP contribution in [0.25, 0.3) is 0 Å². The van der Waals surface area contributed by atoms with Crippen LogP contribution < -0.4 is 10.6 Å². The zero-order valence-corrected chi connectivity index (χ0v) is 10.4. The van der Waals surface area contributed by atoms with E-state index in [0.717, 1.165) is 0 Å². The molecule has 98 valence electrons. The van der Waals surface area contributed by atoms with Crippen molar-refractivity contribution in [1.82, 2.24) is 10.6 Å². The van der Waals surface area contributed by atoms with E-state index < -0.39 is 23.7 Å². The fourth-order valence-corrected chi connectivity index (χ4v) is 1.71. The number of carboxylic acid groups (broad SMARTS) is 1. The van der Waals surface area contributed by atoms with Gasteiger partial charge in [0.2, 0.25) is 0 Å². The van der Waals surface area contributed by atoms with Crippen LogP contribution in [0.4, 0.5) is 4.79 Å². The summed E-state index contributed by atoms with van der Waals surface area (Å²) in [5.74, 6) is -0.888. The van der Waals surface area contributed by atoms with Gasteiger partial charge < -0.3 is 20.5 Å². The molecule has 0 radical (unpaired) electrons. The highest BCUT2D eigenvalue weighted by atomic mass is 16.6. The summed E-state index contributed by atoms with van der Waals surface area (Å²) in [5, 5.41) is 14.4. The summed E-state index contributed by atoms with van der Waals surface area (Å²) >= 11 is 0. The van der Waals surface area contributed by atoms with Crippen molar-refractivity contribution in [1.29, 1.82) is 0 Å². The first-order valence-corrected chi connectivity index (χ1v) is 5.73. The number of piperidine rings is 1. The van der Waals surface area contributed by atoms with Crippen LogP contribution >= 0.6 is 0 Å². The minimum atomic E-state index is -0.888.